The van der Waals surface area contributed by atoms with Crippen molar-refractivity contribution in [3.8, 4) is 0 Å². The van der Waals surface area contributed by atoms with Gasteiger partial charge in [0.05, 0.1) is 0 Å². The Hall–Kier alpha value is -1.61. The van der Waals surface area contributed by atoms with Crippen LogP contribution in [0.2, 0.25) is 5.02 Å². The quantitative estimate of drug-likeness (QED) is 0.863. The molecule has 1 N–H and O–H groups in total. The number of hydrogen-bond acceptors (Lipinski definition) is 1. The largest absolute Gasteiger partial charge is 0.381 e. The Morgan fingerprint density at radius 1 is 1.06 bits per heavy atom. The van der Waals surface area contributed by atoms with Crippen LogP contribution in [-0.4, -0.2) is 0 Å². The average Bonchev–Trinajstić information content (AvgIpc) is 2.30. The molecule has 0 aliphatic heterocycles. The third-order valence-electron chi connectivity index (χ3n) is 2.32. The van der Waals surface area contributed by atoms with Crippen LogP contribution in [0.4, 0.5) is 14.5 Å². The predicted molar refractivity (Wildman–Crippen MR) is 65.1 cm³/mol. The Labute approximate surface area is 103 Å². The van der Waals surface area contributed by atoms with E-state index in [-0.39, 0.29) is 12.1 Å². The van der Waals surface area contributed by atoms with E-state index in [0.29, 0.717) is 5.02 Å². The maximum Gasteiger partial charge on any atom is 0.128 e. The SMILES string of the molecule is Fc1ccc(F)c(CNc2cccc(Cl)c2)c1. The maximum atomic E-state index is 13.3. The molecule has 0 spiro atoms. The Morgan fingerprint density at radius 2 is 1.88 bits per heavy atom. The summed E-state index contributed by atoms with van der Waals surface area (Å²) in [5, 5.41) is 3.57. The molecule has 0 aliphatic rings. The van der Waals surface area contributed by atoms with Crippen molar-refractivity contribution in [2.24, 2.45) is 0 Å². The van der Waals surface area contributed by atoms with Gasteiger partial charge in [-0.15, -0.1) is 0 Å². The third kappa shape index (κ3) is 3.17. The van der Waals surface area contributed by atoms with Crippen LogP contribution in [0.3, 0.4) is 0 Å². The summed E-state index contributed by atoms with van der Waals surface area (Å²) < 4.78 is 26.2. The second-order valence-corrected chi connectivity index (χ2v) is 4.04. The molecule has 0 aliphatic carbocycles. The van der Waals surface area contributed by atoms with Gasteiger partial charge in [0, 0.05) is 22.8 Å². The van der Waals surface area contributed by atoms with Crippen molar-refractivity contribution < 1.29 is 8.78 Å². The summed E-state index contributed by atoms with van der Waals surface area (Å²) in [5.41, 5.74) is 1.05. The summed E-state index contributed by atoms with van der Waals surface area (Å²) >= 11 is 5.81. The summed E-state index contributed by atoms with van der Waals surface area (Å²) in [6, 6.07) is 10.4. The number of rotatable bonds is 3. The normalized spacial score (nSPS) is 10.3. The minimum absolute atomic E-state index is 0.212. The van der Waals surface area contributed by atoms with Gasteiger partial charge in [-0.2, -0.15) is 0 Å². The molecule has 0 fully saturated rings. The summed E-state index contributed by atoms with van der Waals surface area (Å²) in [6.07, 6.45) is 0. The molecule has 0 radical (unpaired) electrons. The first-order chi connectivity index (χ1) is 8.15. The lowest BCUT2D eigenvalue weighted by Crippen LogP contribution is -2.02. The highest BCUT2D eigenvalue weighted by molar-refractivity contribution is 6.30. The Kier molecular flexibility index (Phi) is 3.59. The van der Waals surface area contributed by atoms with Gasteiger partial charge in [0.2, 0.25) is 0 Å². The summed E-state index contributed by atoms with van der Waals surface area (Å²) in [4.78, 5) is 0. The number of benzene rings is 2. The fourth-order valence-electron chi connectivity index (χ4n) is 1.47. The van der Waals surface area contributed by atoms with Crippen LogP contribution in [0.15, 0.2) is 42.5 Å². The van der Waals surface area contributed by atoms with Crippen molar-refractivity contribution in [2.75, 3.05) is 5.32 Å². The van der Waals surface area contributed by atoms with Crippen LogP contribution in [0, 0.1) is 11.6 Å². The van der Waals surface area contributed by atoms with E-state index in [4.69, 9.17) is 11.6 Å². The first-order valence-electron chi connectivity index (χ1n) is 5.08. The molecular formula is C13H10ClF2N. The lowest BCUT2D eigenvalue weighted by molar-refractivity contribution is 0.587. The second kappa shape index (κ2) is 5.15. The fourth-order valence-corrected chi connectivity index (χ4v) is 1.66. The molecule has 0 heterocycles. The summed E-state index contributed by atoms with van der Waals surface area (Å²) in [7, 11) is 0. The van der Waals surface area contributed by atoms with Crippen molar-refractivity contribution in [1.29, 1.82) is 0 Å². The molecule has 0 amide bonds. The first kappa shape index (κ1) is 11.9. The highest BCUT2D eigenvalue weighted by Gasteiger charge is 2.03. The molecule has 2 aromatic rings. The van der Waals surface area contributed by atoms with Crippen LogP contribution in [0.5, 0.6) is 0 Å². The van der Waals surface area contributed by atoms with Crippen molar-refractivity contribution in [3.05, 3.63) is 64.7 Å². The van der Waals surface area contributed by atoms with E-state index in [1.165, 1.54) is 6.07 Å². The van der Waals surface area contributed by atoms with Crippen LogP contribution >= 0.6 is 11.6 Å². The van der Waals surface area contributed by atoms with E-state index < -0.39 is 11.6 Å². The van der Waals surface area contributed by atoms with Gasteiger partial charge in [0.15, 0.2) is 0 Å². The molecule has 0 bridgehead atoms. The molecule has 88 valence electrons. The Balaban J connectivity index is 2.09. The molecule has 4 heteroatoms. The lowest BCUT2D eigenvalue weighted by Gasteiger charge is -2.07. The van der Waals surface area contributed by atoms with E-state index in [0.717, 1.165) is 17.8 Å². The fraction of sp³-hybridized carbons (Fsp3) is 0.0769. The molecule has 0 unspecified atom stereocenters. The molecule has 0 saturated carbocycles. The van der Waals surface area contributed by atoms with Gasteiger partial charge in [-0.05, 0) is 36.4 Å². The first-order valence-corrected chi connectivity index (χ1v) is 5.46. The molecular weight excluding hydrogens is 244 g/mol. The van der Waals surface area contributed by atoms with Crippen LogP contribution < -0.4 is 5.32 Å². The van der Waals surface area contributed by atoms with Crippen molar-refractivity contribution in [1.82, 2.24) is 0 Å². The molecule has 2 rings (SSSR count). The molecule has 2 aromatic carbocycles. The maximum absolute atomic E-state index is 13.3. The van der Waals surface area contributed by atoms with Crippen molar-refractivity contribution in [2.45, 2.75) is 6.54 Å². The molecule has 1 nitrogen and oxygen atoms in total. The number of nitrogens with one attached hydrogen (secondary N) is 1. The van der Waals surface area contributed by atoms with Gasteiger partial charge in [-0.3, -0.25) is 0 Å². The average molecular weight is 254 g/mol. The van der Waals surface area contributed by atoms with Gasteiger partial charge < -0.3 is 5.32 Å². The monoisotopic (exact) mass is 253 g/mol. The van der Waals surface area contributed by atoms with E-state index in [1.807, 2.05) is 6.07 Å². The Morgan fingerprint density at radius 3 is 2.65 bits per heavy atom. The number of hydrogen-bond donors (Lipinski definition) is 1. The number of anilines is 1. The highest BCUT2D eigenvalue weighted by Crippen LogP contribution is 2.17. The van der Waals surface area contributed by atoms with E-state index in [9.17, 15) is 8.78 Å². The second-order valence-electron chi connectivity index (χ2n) is 3.60. The van der Waals surface area contributed by atoms with Gasteiger partial charge in [0.25, 0.3) is 0 Å². The molecule has 0 atom stereocenters. The van der Waals surface area contributed by atoms with Gasteiger partial charge in [-0.1, -0.05) is 17.7 Å². The van der Waals surface area contributed by atoms with Gasteiger partial charge in [-0.25, -0.2) is 8.78 Å². The Bertz CT molecular complexity index is 529. The predicted octanol–water partition coefficient (Wildman–Crippen LogP) is 4.23. The zero-order valence-corrected chi connectivity index (χ0v) is 9.64. The van der Waals surface area contributed by atoms with Crippen molar-refractivity contribution >= 4 is 17.3 Å². The molecule has 0 saturated heterocycles. The standard InChI is InChI=1S/C13H10ClF2N/c14-10-2-1-3-12(7-10)17-8-9-6-11(15)4-5-13(9)16/h1-7,17H,8H2. The lowest BCUT2D eigenvalue weighted by atomic mass is 10.2. The third-order valence-corrected chi connectivity index (χ3v) is 2.55. The van der Waals surface area contributed by atoms with E-state index >= 15 is 0 Å². The molecule has 0 aromatic heterocycles. The summed E-state index contributed by atoms with van der Waals surface area (Å²) in [6.45, 7) is 0.212. The van der Waals surface area contributed by atoms with Crippen molar-refractivity contribution in [3.63, 3.8) is 0 Å². The minimum Gasteiger partial charge on any atom is -0.381 e. The van der Waals surface area contributed by atoms with E-state index in [2.05, 4.69) is 5.32 Å². The zero-order valence-electron chi connectivity index (χ0n) is 8.88. The van der Waals surface area contributed by atoms with Crippen LogP contribution in [-0.2, 0) is 6.54 Å². The van der Waals surface area contributed by atoms with Crippen LogP contribution in [0.25, 0.3) is 0 Å². The van der Waals surface area contributed by atoms with E-state index in [1.54, 1.807) is 18.2 Å². The van der Waals surface area contributed by atoms with Crippen LogP contribution in [0.1, 0.15) is 5.56 Å². The molecule has 17 heavy (non-hydrogen) atoms. The summed E-state index contributed by atoms with van der Waals surface area (Å²) in [5.74, 6) is -0.879. The van der Waals surface area contributed by atoms with Gasteiger partial charge >= 0.3 is 0 Å². The number of halogens is 3. The smallest absolute Gasteiger partial charge is 0.128 e. The highest BCUT2D eigenvalue weighted by atomic mass is 35.5. The zero-order chi connectivity index (χ0) is 12.3. The minimum atomic E-state index is -0.450. The van der Waals surface area contributed by atoms with Gasteiger partial charge in [0.1, 0.15) is 11.6 Å². The topological polar surface area (TPSA) is 12.0 Å².